The lowest BCUT2D eigenvalue weighted by molar-refractivity contribution is 0.129. The van der Waals surface area contributed by atoms with Crippen LogP contribution < -0.4 is 0 Å². The van der Waals surface area contributed by atoms with Crippen molar-refractivity contribution in [3.05, 3.63) is 12.2 Å². The zero-order valence-corrected chi connectivity index (χ0v) is 9.70. The van der Waals surface area contributed by atoms with Gasteiger partial charge < -0.3 is 9.84 Å². The van der Waals surface area contributed by atoms with E-state index in [4.69, 9.17) is 9.84 Å². The molecule has 0 saturated heterocycles. The lowest BCUT2D eigenvalue weighted by atomic mass is 10.0. The quantitative estimate of drug-likeness (QED) is 0.610. The monoisotopic (exact) mass is 200 g/mol. The Hall–Kier alpha value is -0.340. The van der Waals surface area contributed by atoms with E-state index in [1.165, 1.54) is 12.8 Å². The van der Waals surface area contributed by atoms with Gasteiger partial charge in [0, 0.05) is 13.7 Å². The third-order valence-corrected chi connectivity index (χ3v) is 2.22. The minimum absolute atomic E-state index is 0.221. The van der Waals surface area contributed by atoms with Gasteiger partial charge in [0.1, 0.15) is 0 Å². The molecular formula is C12H24O2. The standard InChI is InChI=1S/C12H24O2/c1-11(2)7-6-9-12(14-3)8-4-5-10-13/h4,8,11-13H,5-7,9-10H2,1-3H3. The highest BCUT2D eigenvalue weighted by molar-refractivity contribution is 4.89. The van der Waals surface area contributed by atoms with Gasteiger partial charge in [-0.05, 0) is 18.8 Å². The van der Waals surface area contributed by atoms with Crippen LogP contribution >= 0.6 is 0 Å². The second-order valence-electron chi connectivity index (χ2n) is 4.04. The van der Waals surface area contributed by atoms with Crippen LogP contribution in [0.3, 0.4) is 0 Å². The number of aliphatic hydroxyl groups excluding tert-OH is 1. The van der Waals surface area contributed by atoms with E-state index in [2.05, 4.69) is 19.9 Å². The zero-order valence-electron chi connectivity index (χ0n) is 9.70. The van der Waals surface area contributed by atoms with E-state index in [9.17, 15) is 0 Å². The normalized spacial score (nSPS) is 14.1. The SMILES string of the molecule is COC(C=CCCO)CCCC(C)C. The topological polar surface area (TPSA) is 29.5 Å². The predicted octanol–water partition coefficient (Wildman–Crippen LogP) is 2.77. The molecule has 0 aliphatic rings. The Labute approximate surface area is 88.0 Å². The largest absolute Gasteiger partial charge is 0.396 e. The fourth-order valence-corrected chi connectivity index (χ4v) is 1.34. The van der Waals surface area contributed by atoms with Crippen molar-refractivity contribution in [3.8, 4) is 0 Å². The van der Waals surface area contributed by atoms with E-state index in [0.717, 1.165) is 18.8 Å². The van der Waals surface area contributed by atoms with Crippen molar-refractivity contribution < 1.29 is 9.84 Å². The molecule has 0 radical (unpaired) electrons. The van der Waals surface area contributed by atoms with Crippen LogP contribution in [0.25, 0.3) is 0 Å². The molecule has 1 N–H and O–H groups in total. The van der Waals surface area contributed by atoms with Gasteiger partial charge in [-0.25, -0.2) is 0 Å². The molecule has 2 heteroatoms. The first-order valence-corrected chi connectivity index (χ1v) is 5.51. The van der Waals surface area contributed by atoms with Crippen LogP contribution in [-0.2, 0) is 4.74 Å². The number of aliphatic hydroxyl groups is 1. The number of methoxy groups -OCH3 is 1. The molecule has 0 spiro atoms. The highest BCUT2D eigenvalue weighted by atomic mass is 16.5. The molecule has 14 heavy (non-hydrogen) atoms. The Bertz CT molecular complexity index is 141. The van der Waals surface area contributed by atoms with Gasteiger partial charge in [0.2, 0.25) is 0 Å². The summed E-state index contributed by atoms with van der Waals surface area (Å²) in [6.45, 7) is 4.70. The number of hydrogen-bond acceptors (Lipinski definition) is 2. The van der Waals surface area contributed by atoms with Crippen molar-refractivity contribution in [2.45, 2.75) is 45.6 Å². The summed E-state index contributed by atoms with van der Waals surface area (Å²) in [5.74, 6) is 0.772. The van der Waals surface area contributed by atoms with Gasteiger partial charge in [0.05, 0.1) is 6.10 Å². The fourth-order valence-electron chi connectivity index (χ4n) is 1.34. The van der Waals surface area contributed by atoms with Gasteiger partial charge in [-0.15, -0.1) is 0 Å². The van der Waals surface area contributed by atoms with Gasteiger partial charge in [0.15, 0.2) is 0 Å². The molecule has 0 aromatic heterocycles. The molecule has 0 bridgehead atoms. The summed E-state index contributed by atoms with van der Waals surface area (Å²) in [5, 5.41) is 8.61. The summed E-state index contributed by atoms with van der Waals surface area (Å²) in [5.41, 5.74) is 0. The molecule has 0 aromatic carbocycles. The summed E-state index contributed by atoms with van der Waals surface area (Å²) in [6.07, 6.45) is 8.54. The maximum absolute atomic E-state index is 8.61. The molecule has 84 valence electrons. The van der Waals surface area contributed by atoms with Crippen molar-refractivity contribution in [2.24, 2.45) is 5.92 Å². The van der Waals surface area contributed by atoms with Crippen LogP contribution in [-0.4, -0.2) is 24.9 Å². The maximum atomic E-state index is 8.61. The molecule has 0 aliphatic heterocycles. The zero-order chi connectivity index (χ0) is 10.8. The lowest BCUT2D eigenvalue weighted by Gasteiger charge is -2.11. The Kier molecular flexibility index (Phi) is 9.00. The van der Waals surface area contributed by atoms with Gasteiger partial charge in [-0.3, -0.25) is 0 Å². The van der Waals surface area contributed by atoms with Crippen LogP contribution in [0.5, 0.6) is 0 Å². The number of rotatable bonds is 8. The summed E-state index contributed by atoms with van der Waals surface area (Å²) >= 11 is 0. The predicted molar refractivity (Wildman–Crippen MR) is 60.3 cm³/mol. The van der Waals surface area contributed by atoms with Crippen LogP contribution in [0.15, 0.2) is 12.2 Å². The van der Waals surface area contributed by atoms with E-state index in [1.807, 2.05) is 6.08 Å². The van der Waals surface area contributed by atoms with Crippen molar-refractivity contribution in [3.63, 3.8) is 0 Å². The molecule has 1 atom stereocenters. The summed E-state index contributed by atoms with van der Waals surface area (Å²) in [4.78, 5) is 0. The van der Waals surface area contributed by atoms with Gasteiger partial charge in [-0.2, -0.15) is 0 Å². The van der Waals surface area contributed by atoms with Crippen molar-refractivity contribution in [1.29, 1.82) is 0 Å². The van der Waals surface area contributed by atoms with Gasteiger partial charge in [-0.1, -0.05) is 38.8 Å². The van der Waals surface area contributed by atoms with Gasteiger partial charge in [0.25, 0.3) is 0 Å². The first-order valence-electron chi connectivity index (χ1n) is 5.51. The molecule has 0 fully saturated rings. The average Bonchev–Trinajstić information content (AvgIpc) is 2.15. The molecule has 1 unspecified atom stereocenters. The van der Waals surface area contributed by atoms with Crippen molar-refractivity contribution in [2.75, 3.05) is 13.7 Å². The van der Waals surface area contributed by atoms with Crippen molar-refractivity contribution >= 4 is 0 Å². The molecule has 0 aliphatic carbocycles. The maximum Gasteiger partial charge on any atom is 0.0752 e. The second-order valence-corrected chi connectivity index (χ2v) is 4.04. The molecular weight excluding hydrogens is 176 g/mol. The fraction of sp³-hybridized carbons (Fsp3) is 0.833. The lowest BCUT2D eigenvalue weighted by Crippen LogP contribution is -2.07. The highest BCUT2D eigenvalue weighted by Crippen LogP contribution is 2.11. The molecule has 0 rings (SSSR count). The molecule has 0 aromatic rings. The number of hydrogen-bond donors (Lipinski definition) is 1. The minimum Gasteiger partial charge on any atom is -0.396 e. The Morgan fingerprint density at radius 2 is 2.00 bits per heavy atom. The summed E-state index contributed by atoms with van der Waals surface area (Å²) in [7, 11) is 1.74. The Balaban J connectivity index is 3.57. The van der Waals surface area contributed by atoms with Crippen LogP contribution in [0.4, 0.5) is 0 Å². The van der Waals surface area contributed by atoms with Crippen LogP contribution in [0.2, 0.25) is 0 Å². The average molecular weight is 200 g/mol. The summed E-state index contributed by atoms with van der Waals surface area (Å²) < 4.78 is 5.31. The molecule has 0 amide bonds. The van der Waals surface area contributed by atoms with E-state index >= 15 is 0 Å². The van der Waals surface area contributed by atoms with E-state index in [0.29, 0.717) is 0 Å². The Morgan fingerprint density at radius 1 is 1.29 bits per heavy atom. The molecule has 2 nitrogen and oxygen atoms in total. The van der Waals surface area contributed by atoms with Gasteiger partial charge >= 0.3 is 0 Å². The third kappa shape index (κ3) is 8.27. The Morgan fingerprint density at radius 3 is 2.50 bits per heavy atom. The minimum atomic E-state index is 0.221. The molecule has 0 heterocycles. The second kappa shape index (κ2) is 9.22. The number of ether oxygens (including phenoxy) is 1. The highest BCUT2D eigenvalue weighted by Gasteiger charge is 2.02. The first-order chi connectivity index (χ1) is 6.70. The van der Waals surface area contributed by atoms with E-state index < -0.39 is 0 Å². The smallest absolute Gasteiger partial charge is 0.0752 e. The van der Waals surface area contributed by atoms with E-state index in [1.54, 1.807) is 7.11 Å². The third-order valence-electron chi connectivity index (χ3n) is 2.22. The van der Waals surface area contributed by atoms with Crippen LogP contribution in [0.1, 0.15) is 39.5 Å². The van der Waals surface area contributed by atoms with E-state index in [-0.39, 0.29) is 12.7 Å². The van der Waals surface area contributed by atoms with Crippen LogP contribution in [0, 0.1) is 5.92 Å². The summed E-state index contributed by atoms with van der Waals surface area (Å²) in [6, 6.07) is 0. The van der Waals surface area contributed by atoms with Crippen molar-refractivity contribution in [1.82, 2.24) is 0 Å². The first kappa shape index (κ1) is 13.7. The molecule has 0 saturated carbocycles.